The van der Waals surface area contributed by atoms with E-state index in [9.17, 15) is 18.4 Å². The van der Waals surface area contributed by atoms with E-state index in [0.29, 0.717) is 22.6 Å². The lowest BCUT2D eigenvalue weighted by atomic mass is 9.99. The number of hydrogen-bond donors (Lipinski definition) is 2. The van der Waals surface area contributed by atoms with Crippen LogP contribution < -0.4 is 4.74 Å². The molecule has 1 aromatic heterocycles. The standard InChI is InChI=1S/C21H12F3N3O2/c22-21(23,24)29-11-8-9-16-17(10-11)26-20(25-16)15-7-3-6-14-18(15)12-4-1-2-5-13(12)19(14)27-28/h1-10,28H,(H,25,26)/b27-19-. The zero-order valence-electron chi connectivity index (χ0n) is 14.7. The number of rotatable bonds is 2. The van der Waals surface area contributed by atoms with Gasteiger partial charge in [-0.05, 0) is 17.7 Å². The highest BCUT2D eigenvalue weighted by Crippen LogP contribution is 2.42. The van der Waals surface area contributed by atoms with Gasteiger partial charge in [-0.1, -0.05) is 47.6 Å². The summed E-state index contributed by atoms with van der Waals surface area (Å²) in [5, 5.41) is 13.0. The zero-order valence-corrected chi connectivity index (χ0v) is 14.7. The fourth-order valence-electron chi connectivity index (χ4n) is 3.71. The quantitative estimate of drug-likeness (QED) is 0.313. The normalized spacial score (nSPS) is 14.2. The van der Waals surface area contributed by atoms with E-state index < -0.39 is 6.36 Å². The molecule has 1 aliphatic rings. The maximum Gasteiger partial charge on any atom is 0.573 e. The minimum Gasteiger partial charge on any atom is -0.410 e. The largest absolute Gasteiger partial charge is 0.573 e. The van der Waals surface area contributed by atoms with Gasteiger partial charge in [-0.3, -0.25) is 0 Å². The molecule has 5 nitrogen and oxygen atoms in total. The van der Waals surface area contributed by atoms with Gasteiger partial charge in [-0.25, -0.2) is 4.98 Å². The number of oxime groups is 1. The molecule has 0 saturated heterocycles. The van der Waals surface area contributed by atoms with Gasteiger partial charge in [0.2, 0.25) is 0 Å². The van der Waals surface area contributed by atoms with Crippen molar-refractivity contribution in [2.24, 2.45) is 5.16 Å². The van der Waals surface area contributed by atoms with Crippen molar-refractivity contribution < 1.29 is 23.1 Å². The predicted molar refractivity (Wildman–Crippen MR) is 101 cm³/mol. The van der Waals surface area contributed by atoms with Gasteiger partial charge in [0, 0.05) is 28.3 Å². The van der Waals surface area contributed by atoms with Crippen molar-refractivity contribution in [2.75, 3.05) is 0 Å². The molecule has 0 spiro atoms. The van der Waals surface area contributed by atoms with Crippen LogP contribution in [0, 0.1) is 0 Å². The number of alkyl halides is 3. The van der Waals surface area contributed by atoms with E-state index in [1.165, 1.54) is 18.2 Å². The van der Waals surface area contributed by atoms with E-state index in [1.54, 1.807) is 0 Å². The number of fused-ring (bicyclic) bond motifs is 4. The summed E-state index contributed by atoms with van der Waals surface area (Å²) in [7, 11) is 0. The summed E-state index contributed by atoms with van der Waals surface area (Å²) in [6.45, 7) is 0. The minimum absolute atomic E-state index is 0.321. The second kappa shape index (κ2) is 6.10. The molecule has 0 atom stereocenters. The topological polar surface area (TPSA) is 70.5 Å². The van der Waals surface area contributed by atoms with Crippen LogP contribution in [0.15, 0.2) is 65.8 Å². The van der Waals surface area contributed by atoms with E-state index in [1.807, 2.05) is 42.5 Å². The summed E-state index contributed by atoms with van der Waals surface area (Å²) >= 11 is 0. The van der Waals surface area contributed by atoms with Crippen molar-refractivity contribution >= 4 is 16.7 Å². The molecule has 2 N–H and O–H groups in total. The summed E-state index contributed by atoms with van der Waals surface area (Å²) in [4.78, 5) is 7.60. The van der Waals surface area contributed by atoms with Crippen LogP contribution in [-0.2, 0) is 0 Å². The number of aromatic nitrogens is 2. The Bertz CT molecular complexity index is 1290. The number of H-pyrrole nitrogens is 1. The first-order chi connectivity index (χ1) is 13.9. The smallest absolute Gasteiger partial charge is 0.410 e. The van der Waals surface area contributed by atoms with E-state index in [4.69, 9.17) is 0 Å². The van der Waals surface area contributed by atoms with Crippen LogP contribution >= 0.6 is 0 Å². The molecular formula is C21H12F3N3O2. The number of benzene rings is 3. The van der Waals surface area contributed by atoms with Crippen LogP contribution in [0.4, 0.5) is 13.2 Å². The third-order valence-corrected chi connectivity index (χ3v) is 4.81. The lowest BCUT2D eigenvalue weighted by molar-refractivity contribution is -0.274. The van der Waals surface area contributed by atoms with E-state index in [2.05, 4.69) is 19.9 Å². The first-order valence-electron chi connectivity index (χ1n) is 8.66. The first-order valence-corrected chi connectivity index (χ1v) is 8.66. The molecule has 0 saturated carbocycles. The number of ether oxygens (including phenoxy) is 1. The fourth-order valence-corrected chi connectivity index (χ4v) is 3.71. The summed E-state index contributed by atoms with van der Waals surface area (Å²) in [6, 6.07) is 17.0. The number of halogens is 3. The average Bonchev–Trinajstić information content (AvgIpc) is 3.25. The first kappa shape index (κ1) is 17.3. The molecule has 1 aliphatic carbocycles. The van der Waals surface area contributed by atoms with Crippen LogP contribution in [0.3, 0.4) is 0 Å². The van der Waals surface area contributed by atoms with Crippen LogP contribution in [0.1, 0.15) is 11.1 Å². The van der Waals surface area contributed by atoms with E-state index in [0.717, 1.165) is 27.8 Å². The third kappa shape index (κ3) is 2.80. The van der Waals surface area contributed by atoms with Crippen molar-refractivity contribution in [3.63, 3.8) is 0 Å². The second-order valence-electron chi connectivity index (χ2n) is 6.53. The molecular weight excluding hydrogens is 383 g/mol. The lowest BCUT2D eigenvalue weighted by Gasteiger charge is -2.07. The molecule has 144 valence electrons. The molecule has 4 aromatic rings. The Morgan fingerprint density at radius 1 is 0.897 bits per heavy atom. The van der Waals surface area contributed by atoms with Crippen LogP contribution in [0.2, 0.25) is 0 Å². The van der Waals surface area contributed by atoms with Crippen molar-refractivity contribution in [3.8, 4) is 28.3 Å². The van der Waals surface area contributed by atoms with Gasteiger partial charge in [0.1, 0.15) is 17.3 Å². The predicted octanol–water partition coefficient (Wildman–Crippen LogP) is 5.34. The van der Waals surface area contributed by atoms with Crippen molar-refractivity contribution in [1.82, 2.24) is 9.97 Å². The maximum absolute atomic E-state index is 12.5. The van der Waals surface area contributed by atoms with Crippen LogP contribution in [0.25, 0.3) is 33.5 Å². The Hall–Kier alpha value is -3.81. The van der Waals surface area contributed by atoms with E-state index >= 15 is 0 Å². The molecule has 8 heteroatoms. The molecule has 0 amide bonds. The summed E-state index contributed by atoms with van der Waals surface area (Å²) in [5.74, 6) is 0.175. The number of aromatic amines is 1. The molecule has 0 fully saturated rings. The molecule has 3 aromatic carbocycles. The summed E-state index contributed by atoms with van der Waals surface area (Å²) in [5.41, 5.74) is 5.45. The lowest BCUT2D eigenvalue weighted by Crippen LogP contribution is -2.16. The Morgan fingerprint density at radius 3 is 2.38 bits per heavy atom. The third-order valence-electron chi connectivity index (χ3n) is 4.81. The molecule has 0 radical (unpaired) electrons. The van der Waals surface area contributed by atoms with Gasteiger partial charge in [-0.2, -0.15) is 0 Å². The monoisotopic (exact) mass is 395 g/mol. The highest BCUT2D eigenvalue weighted by Gasteiger charge is 2.31. The summed E-state index contributed by atoms with van der Waals surface area (Å²) < 4.78 is 41.5. The highest BCUT2D eigenvalue weighted by atomic mass is 19.4. The Balaban J connectivity index is 1.67. The number of nitrogens with one attached hydrogen (secondary N) is 1. The van der Waals surface area contributed by atoms with Crippen molar-refractivity contribution in [2.45, 2.75) is 6.36 Å². The van der Waals surface area contributed by atoms with Gasteiger partial charge < -0.3 is 14.9 Å². The van der Waals surface area contributed by atoms with Gasteiger partial charge in [0.25, 0.3) is 0 Å². The van der Waals surface area contributed by atoms with Crippen molar-refractivity contribution in [3.05, 3.63) is 71.8 Å². The number of imidazole rings is 1. The van der Waals surface area contributed by atoms with Crippen molar-refractivity contribution in [1.29, 1.82) is 0 Å². The minimum atomic E-state index is -4.76. The fraction of sp³-hybridized carbons (Fsp3) is 0.0476. The average molecular weight is 395 g/mol. The molecule has 0 unspecified atom stereocenters. The molecule has 0 bridgehead atoms. The Morgan fingerprint density at radius 2 is 1.62 bits per heavy atom. The summed E-state index contributed by atoms with van der Waals surface area (Å²) in [6.07, 6.45) is -4.76. The van der Waals surface area contributed by atoms with E-state index in [-0.39, 0.29) is 5.75 Å². The van der Waals surface area contributed by atoms with Gasteiger partial charge in [0.05, 0.1) is 11.0 Å². The molecule has 1 heterocycles. The Kier molecular flexibility index (Phi) is 3.64. The van der Waals surface area contributed by atoms with Crippen LogP contribution in [0.5, 0.6) is 5.75 Å². The molecule has 29 heavy (non-hydrogen) atoms. The van der Waals surface area contributed by atoms with Gasteiger partial charge in [-0.15, -0.1) is 13.2 Å². The Labute approximate surface area is 162 Å². The van der Waals surface area contributed by atoms with Gasteiger partial charge >= 0.3 is 6.36 Å². The number of nitrogens with zero attached hydrogens (tertiary/aromatic N) is 2. The maximum atomic E-state index is 12.5. The van der Waals surface area contributed by atoms with Gasteiger partial charge in [0.15, 0.2) is 0 Å². The second-order valence-corrected chi connectivity index (χ2v) is 6.53. The number of hydrogen-bond acceptors (Lipinski definition) is 4. The highest BCUT2D eigenvalue weighted by molar-refractivity contribution is 6.26. The van der Waals surface area contributed by atoms with Crippen LogP contribution in [-0.4, -0.2) is 27.2 Å². The SMILES string of the molecule is O/N=C1/c2ccccc2-c2c1cccc2-c1nc2ccc(OC(F)(F)F)cc2[nH]1. The molecule has 5 rings (SSSR count). The molecule has 0 aliphatic heterocycles. The zero-order chi connectivity index (χ0) is 20.2.